The summed E-state index contributed by atoms with van der Waals surface area (Å²) in [5.74, 6) is -1.13. The fourth-order valence-corrected chi connectivity index (χ4v) is 5.79. The van der Waals surface area contributed by atoms with Crippen molar-refractivity contribution in [2.75, 3.05) is 6.54 Å². The molecule has 7 heteroatoms. The highest BCUT2D eigenvalue weighted by molar-refractivity contribution is 7.89. The van der Waals surface area contributed by atoms with Gasteiger partial charge in [0.05, 0.1) is 16.9 Å². The Kier molecular flexibility index (Phi) is 6.67. The zero-order chi connectivity index (χ0) is 22.6. The Morgan fingerprint density at radius 3 is 2.19 bits per heavy atom. The molecule has 1 fully saturated rings. The van der Waals surface area contributed by atoms with Crippen molar-refractivity contribution in [2.45, 2.75) is 30.3 Å². The van der Waals surface area contributed by atoms with Gasteiger partial charge in [-0.2, -0.15) is 4.31 Å². The summed E-state index contributed by atoms with van der Waals surface area (Å²) in [4.78, 5) is 12.9. The summed E-state index contributed by atoms with van der Waals surface area (Å²) >= 11 is 0. The second-order valence-corrected chi connectivity index (χ2v) is 9.82. The molecule has 1 aliphatic rings. The molecule has 1 N–H and O–H groups in total. The number of nitrogens with zero attached hydrogens (tertiary/aromatic N) is 1. The van der Waals surface area contributed by atoms with E-state index in [9.17, 15) is 17.6 Å². The molecular weight excluding hydrogens is 427 g/mol. The normalized spacial score (nSPS) is 19.4. The van der Waals surface area contributed by atoms with Crippen molar-refractivity contribution in [2.24, 2.45) is 5.92 Å². The number of piperidine rings is 1. The third kappa shape index (κ3) is 4.89. The molecule has 0 aromatic heterocycles. The summed E-state index contributed by atoms with van der Waals surface area (Å²) in [5.41, 5.74) is 1.86. The van der Waals surface area contributed by atoms with Crippen LogP contribution in [0.1, 0.15) is 30.0 Å². The molecule has 0 radical (unpaired) electrons. The van der Waals surface area contributed by atoms with Crippen LogP contribution in [0.2, 0.25) is 0 Å². The van der Waals surface area contributed by atoms with Gasteiger partial charge in [-0.15, -0.1) is 0 Å². The minimum Gasteiger partial charge on any atom is -0.352 e. The first-order chi connectivity index (χ1) is 15.4. The van der Waals surface area contributed by atoms with Crippen molar-refractivity contribution in [1.29, 1.82) is 0 Å². The van der Waals surface area contributed by atoms with E-state index >= 15 is 0 Å². The molecule has 5 nitrogen and oxygen atoms in total. The molecule has 0 bridgehead atoms. The highest BCUT2D eigenvalue weighted by Crippen LogP contribution is 2.37. The molecule has 3 aromatic rings. The first-order valence-electron chi connectivity index (χ1n) is 10.6. The van der Waals surface area contributed by atoms with E-state index in [2.05, 4.69) is 5.32 Å². The van der Waals surface area contributed by atoms with Crippen LogP contribution >= 0.6 is 0 Å². The fraction of sp³-hybridized carbons (Fsp3) is 0.240. The Balaban J connectivity index is 1.58. The Labute approximate surface area is 187 Å². The van der Waals surface area contributed by atoms with Crippen molar-refractivity contribution >= 4 is 15.9 Å². The summed E-state index contributed by atoms with van der Waals surface area (Å²) < 4.78 is 41.8. The zero-order valence-corrected chi connectivity index (χ0v) is 18.3. The van der Waals surface area contributed by atoms with E-state index < -0.39 is 21.8 Å². The van der Waals surface area contributed by atoms with E-state index in [4.69, 9.17) is 0 Å². The maximum absolute atomic E-state index is 13.5. The molecule has 1 amide bonds. The summed E-state index contributed by atoms with van der Waals surface area (Å²) in [6.45, 7) is 0.461. The number of halogens is 1. The van der Waals surface area contributed by atoms with Crippen molar-refractivity contribution < 1.29 is 17.6 Å². The number of nitrogens with one attached hydrogen (secondary N) is 1. The highest BCUT2D eigenvalue weighted by Gasteiger charge is 2.40. The molecule has 4 rings (SSSR count). The monoisotopic (exact) mass is 452 g/mol. The van der Waals surface area contributed by atoms with Crippen molar-refractivity contribution in [3.8, 4) is 0 Å². The quantitative estimate of drug-likeness (QED) is 0.607. The lowest BCUT2D eigenvalue weighted by Crippen LogP contribution is -2.46. The van der Waals surface area contributed by atoms with Gasteiger partial charge in [0.2, 0.25) is 15.9 Å². The number of benzene rings is 3. The molecule has 1 aliphatic heterocycles. The Morgan fingerprint density at radius 1 is 0.906 bits per heavy atom. The molecular formula is C25H25FN2O3S. The van der Waals surface area contributed by atoms with Crippen LogP contribution in [0.5, 0.6) is 0 Å². The first kappa shape index (κ1) is 22.2. The highest BCUT2D eigenvalue weighted by atomic mass is 32.2. The molecule has 166 valence electrons. The van der Waals surface area contributed by atoms with E-state index in [1.807, 2.05) is 60.7 Å². The largest absolute Gasteiger partial charge is 0.352 e. The summed E-state index contributed by atoms with van der Waals surface area (Å²) in [6.07, 6.45) is 1.10. The minimum absolute atomic E-state index is 0.0187. The molecule has 3 aromatic carbocycles. The van der Waals surface area contributed by atoms with Gasteiger partial charge in [0.25, 0.3) is 0 Å². The van der Waals surface area contributed by atoms with Gasteiger partial charge < -0.3 is 5.32 Å². The lowest BCUT2D eigenvalue weighted by molar-refractivity contribution is -0.126. The van der Waals surface area contributed by atoms with Crippen LogP contribution in [0, 0.1) is 11.7 Å². The Morgan fingerprint density at radius 2 is 1.53 bits per heavy atom. The average molecular weight is 453 g/mol. The van der Waals surface area contributed by atoms with Gasteiger partial charge in [0.15, 0.2) is 0 Å². The maximum Gasteiger partial charge on any atom is 0.243 e. The van der Waals surface area contributed by atoms with Gasteiger partial charge in [-0.05, 0) is 48.2 Å². The molecule has 1 heterocycles. The molecule has 0 unspecified atom stereocenters. The number of carbonyl (C=O) groups is 1. The SMILES string of the molecule is O=C(NCc1ccccc1)[C@@H]1CC[C@H](c2ccccc2)N(S(=O)(=O)c2ccc(F)cc2)C1. The first-order valence-corrected chi connectivity index (χ1v) is 12.0. The van der Waals surface area contributed by atoms with Gasteiger partial charge >= 0.3 is 0 Å². The van der Waals surface area contributed by atoms with Gasteiger partial charge in [0.1, 0.15) is 5.82 Å². The van der Waals surface area contributed by atoms with E-state index in [1.165, 1.54) is 16.4 Å². The minimum atomic E-state index is -3.92. The molecule has 1 saturated heterocycles. The van der Waals surface area contributed by atoms with Crippen molar-refractivity contribution in [3.63, 3.8) is 0 Å². The van der Waals surface area contributed by atoms with E-state index in [0.29, 0.717) is 19.4 Å². The van der Waals surface area contributed by atoms with Gasteiger partial charge in [-0.3, -0.25) is 4.79 Å². The van der Waals surface area contributed by atoms with Gasteiger partial charge in [-0.1, -0.05) is 60.7 Å². The van der Waals surface area contributed by atoms with E-state index in [0.717, 1.165) is 23.3 Å². The lowest BCUT2D eigenvalue weighted by atomic mass is 9.90. The molecule has 0 spiro atoms. The lowest BCUT2D eigenvalue weighted by Gasteiger charge is -2.38. The number of sulfonamides is 1. The van der Waals surface area contributed by atoms with Crippen molar-refractivity contribution in [3.05, 3.63) is 102 Å². The van der Waals surface area contributed by atoms with Crippen LogP contribution in [-0.2, 0) is 21.4 Å². The summed E-state index contributed by atoms with van der Waals surface area (Å²) in [5, 5.41) is 2.93. The van der Waals surface area contributed by atoms with Crippen LogP contribution in [0.4, 0.5) is 4.39 Å². The number of rotatable bonds is 6. The average Bonchev–Trinajstić information content (AvgIpc) is 2.83. The standard InChI is InChI=1S/C25H25FN2O3S/c26-22-12-14-23(15-13-22)32(30,31)28-18-21(11-16-24(28)20-9-5-2-6-10-20)25(29)27-17-19-7-3-1-4-8-19/h1-10,12-15,21,24H,11,16-18H2,(H,27,29)/t21-,24-/m1/s1. The number of hydrogen-bond donors (Lipinski definition) is 1. The van der Waals surface area contributed by atoms with Crippen LogP contribution in [-0.4, -0.2) is 25.2 Å². The Bertz CT molecular complexity index is 1150. The van der Waals surface area contributed by atoms with Gasteiger partial charge in [-0.25, -0.2) is 12.8 Å². The Hall–Kier alpha value is -3.03. The predicted molar refractivity (Wildman–Crippen MR) is 120 cm³/mol. The van der Waals surface area contributed by atoms with Crippen molar-refractivity contribution in [1.82, 2.24) is 9.62 Å². The summed E-state index contributed by atoms with van der Waals surface area (Å²) in [6, 6.07) is 23.4. The number of carbonyl (C=O) groups excluding carboxylic acids is 1. The third-order valence-corrected chi connectivity index (χ3v) is 7.71. The molecule has 2 atom stereocenters. The third-order valence-electron chi connectivity index (χ3n) is 5.82. The molecule has 0 saturated carbocycles. The van der Waals surface area contributed by atoms with E-state index in [-0.39, 0.29) is 23.4 Å². The van der Waals surface area contributed by atoms with Crippen LogP contribution in [0.15, 0.2) is 89.8 Å². The molecule has 0 aliphatic carbocycles. The predicted octanol–water partition coefficient (Wildman–Crippen LogP) is 4.28. The van der Waals surface area contributed by atoms with E-state index in [1.54, 1.807) is 0 Å². The second kappa shape index (κ2) is 9.63. The second-order valence-electron chi connectivity index (χ2n) is 7.93. The van der Waals surface area contributed by atoms with Crippen LogP contribution < -0.4 is 5.32 Å². The van der Waals surface area contributed by atoms with Gasteiger partial charge in [0, 0.05) is 13.1 Å². The summed E-state index contributed by atoms with van der Waals surface area (Å²) in [7, 11) is -3.92. The zero-order valence-electron chi connectivity index (χ0n) is 17.5. The topological polar surface area (TPSA) is 66.5 Å². The fourth-order valence-electron chi connectivity index (χ4n) is 4.10. The smallest absolute Gasteiger partial charge is 0.243 e. The number of hydrogen-bond acceptors (Lipinski definition) is 3. The maximum atomic E-state index is 13.5. The number of amides is 1. The van der Waals surface area contributed by atoms with Crippen LogP contribution in [0.25, 0.3) is 0 Å². The molecule has 32 heavy (non-hydrogen) atoms. The van der Waals surface area contributed by atoms with Crippen LogP contribution in [0.3, 0.4) is 0 Å².